The number of unbranched alkanes of at least 4 members (excludes halogenated alkanes) is 4. The third-order valence-electron chi connectivity index (χ3n) is 2.56. The summed E-state index contributed by atoms with van der Waals surface area (Å²) >= 11 is 0. The van der Waals surface area contributed by atoms with E-state index in [1.54, 1.807) is 6.92 Å². The highest BCUT2D eigenvalue weighted by Crippen LogP contribution is 2.14. The van der Waals surface area contributed by atoms with Crippen LogP contribution < -0.4 is 0 Å². The third-order valence-corrected chi connectivity index (χ3v) is 2.56. The molecule has 0 saturated heterocycles. The second kappa shape index (κ2) is 7.80. The maximum Gasteiger partial charge on any atom is 0.332 e. The number of hydrogen-bond acceptors (Lipinski definition) is 2. The van der Waals surface area contributed by atoms with Crippen LogP contribution in [0.15, 0.2) is 0 Å². The quantitative estimate of drug-likeness (QED) is 0.594. The lowest BCUT2D eigenvalue weighted by atomic mass is 9.97. The van der Waals surface area contributed by atoms with E-state index in [2.05, 4.69) is 6.92 Å². The average Bonchev–Trinajstić information content (AvgIpc) is 2.16. The molecule has 0 aliphatic rings. The van der Waals surface area contributed by atoms with Crippen molar-refractivity contribution in [2.24, 2.45) is 5.92 Å². The Morgan fingerprint density at radius 1 is 1.21 bits per heavy atom. The van der Waals surface area contributed by atoms with Gasteiger partial charge >= 0.3 is 5.97 Å². The largest absolute Gasteiger partial charge is 0.479 e. The molecule has 0 aromatic heterocycles. The molecule has 14 heavy (non-hydrogen) atoms. The topological polar surface area (TPSA) is 57.5 Å². The van der Waals surface area contributed by atoms with E-state index in [0.717, 1.165) is 19.3 Å². The van der Waals surface area contributed by atoms with Crippen LogP contribution in [-0.2, 0) is 4.79 Å². The Kier molecular flexibility index (Phi) is 7.48. The summed E-state index contributed by atoms with van der Waals surface area (Å²) in [6, 6.07) is 0. The first kappa shape index (κ1) is 13.4. The van der Waals surface area contributed by atoms with Crippen molar-refractivity contribution in [3.8, 4) is 0 Å². The maximum absolute atomic E-state index is 10.4. The molecular weight excluding hydrogens is 180 g/mol. The van der Waals surface area contributed by atoms with Gasteiger partial charge in [0, 0.05) is 0 Å². The highest BCUT2D eigenvalue weighted by atomic mass is 16.4. The van der Waals surface area contributed by atoms with E-state index in [1.165, 1.54) is 19.3 Å². The van der Waals surface area contributed by atoms with Gasteiger partial charge in [0.2, 0.25) is 0 Å². The highest BCUT2D eigenvalue weighted by molar-refractivity contribution is 5.72. The molecule has 0 aliphatic heterocycles. The molecule has 0 aromatic rings. The van der Waals surface area contributed by atoms with Crippen molar-refractivity contribution >= 4 is 5.97 Å². The van der Waals surface area contributed by atoms with Gasteiger partial charge in [-0.1, -0.05) is 46.0 Å². The number of rotatable bonds is 8. The van der Waals surface area contributed by atoms with Crippen LogP contribution in [-0.4, -0.2) is 22.3 Å². The molecule has 0 spiro atoms. The van der Waals surface area contributed by atoms with Crippen LogP contribution in [0, 0.1) is 5.92 Å². The minimum Gasteiger partial charge on any atom is -0.479 e. The molecular formula is C11H22O3. The van der Waals surface area contributed by atoms with E-state index in [-0.39, 0.29) is 5.92 Å². The first-order chi connectivity index (χ1) is 6.59. The lowest BCUT2D eigenvalue weighted by Crippen LogP contribution is -2.27. The fraction of sp³-hybridized carbons (Fsp3) is 0.909. The van der Waals surface area contributed by atoms with Crippen molar-refractivity contribution in [1.29, 1.82) is 0 Å². The zero-order valence-corrected chi connectivity index (χ0v) is 9.20. The monoisotopic (exact) mass is 202 g/mol. The van der Waals surface area contributed by atoms with E-state index in [1.807, 2.05) is 0 Å². The Morgan fingerprint density at radius 3 is 2.29 bits per heavy atom. The average molecular weight is 202 g/mol. The molecule has 2 unspecified atom stereocenters. The lowest BCUT2D eigenvalue weighted by molar-refractivity contribution is -0.149. The zero-order valence-electron chi connectivity index (χ0n) is 9.20. The predicted octanol–water partition coefficient (Wildman–Crippen LogP) is 2.43. The third kappa shape index (κ3) is 5.97. The number of carbonyl (C=O) groups is 1. The Labute approximate surface area is 86.1 Å². The number of carboxylic acids is 1. The zero-order chi connectivity index (χ0) is 11.0. The van der Waals surface area contributed by atoms with Gasteiger partial charge in [-0.2, -0.15) is 0 Å². The Balaban J connectivity index is 3.43. The fourth-order valence-electron chi connectivity index (χ4n) is 1.47. The molecule has 3 nitrogen and oxygen atoms in total. The fourth-order valence-corrected chi connectivity index (χ4v) is 1.47. The molecule has 0 aliphatic carbocycles. The summed E-state index contributed by atoms with van der Waals surface area (Å²) in [4.78, 5) is 10.4. The van der Waals surface area contributed by atoms with Crippen LogP contribution in [0.4, 0.5) is 0 Å². The minimum absolute atomic E-state index is 0.130. The normalized spacial score (nSPS) is 15.1. The van der Waals surface area contributed by atoms with Crippen LogP contribution in [0.5, 0.6) is 0 Å². The highest BCUT2D eigenvalue weighted by Gasteiger charge is 2.20. The van der Waals surface area contributed by atoms with Gasteiger partial charge < -0.3 is 10.2 Å². The standard InChI is InChI=1S/C11H22O3/c1-3-4-5-6-7-8-9(2)10(12)11(13)14/h9-10,12H,3-8H2,1-2H3,(H,13,14). The van der Waals surface area contributed by atoms with Crippen LogP contribution >= 0.6 is 0 Å². The summed E-state index contributed by atoms with van der Waals surface area (Å²) < 4.78 is 0. The van der Waals surface area contributed by atoms with Crippen molar-refractivity contribution in [1.82, 2.24) is 0 Å². The van der Waals surface area contributed by atoms with E-state index in [0.29, 0.717) is 0 Å². The molecule has 2 N–H and O–H groups in total. The van der Waals surface area contributed by atoms with Crippen molar-refractivity contribution in [2.75, 3.05) is 0 Å². The minimum atomic E-state index is -1.19. The molecule has 0 aromatic carbocycles. The van der Waals surface area contributed by atoms with Crippen LogP contribution in [0.2, 0.25) is 0 Å². The second-order valence-corrected chi connectivity index (χ2v) is 3.96. The Hall–Kier alpha value is -0.570. The van der Waals surface area contributed by atoms with Gasteiger partial charge in [0.05, 0.1) is 0 Å². The van der Waals surface area contributed by atoms with Gasteiger partial charge in [-0.15, -0.1) is 0 Å². The number of hydrogen-bond donors (Lipinski definition) is 2. The molecule has 0 rings (SSSR count). The van der Waals surface area contributed by atoms with Gasteiger partial charge in [0.25, 0.3) is 0 Å². The van der Waals surface area contributed by atoms with Crippen LogP contribution in [0.25, 0.3) is 0 Å². The number of aliphatic hydroxyl groups excluding tert-OH is 1. The summed E-state index contributed by atoms with van der Waals surface area (Å²) in [5, 5.41) is 17.7. The van der Waals surface area contributed by atoms with E-state index in [4.69, 9.17) is 5.11 Å². The summed E-state index contributed by atoms with van der Waals surface area (Å²) in [7, 11) is 0. The van der Waals surface area contributed by atoms with Gasteiger partial charge in [0.1, 0.15) is 0 Å². The van der Waals surface area contributed by atoms with Gasteiger partial charge in [-0.05, 0) is 12.3 Å². The predicted molar refractivity (Wildman–Crippen MR) is 56.2 cm³/mol. The van der Waals surface area contributed by atoms with Crippen LogP contribution in [0.1, 0.15) is 52.4 Å². The summed E-state index contributed by atoms with van der Waals surface area (Å²) in [6.07, 6.45) is 5.45. The van der Waals surface area contributed by atoms with Gasteiger partial charge in [-0.25, -0.2) is 4.79 Å². The van der Waals surface area contributed by atoms with E-state index >= 15 is 0 Å². The summed E-state index contributed by atoms with van der Waals surface area (Å²) in [5.41, 5.74) is 0. The Morgan fingerprint density at radius 2 is 1.79 bits per heavy atom. The Bertz CT molecular complexity index is 157. The number of aliphatic hydroxyl groups is 1. The smallest absolute Gasteiger partial charge is 0.332 e. The SMILES string of the molecule is CCCCCCCC(C)C(O)C(=O)O. The molecule has 0 saturated carbocycles. The number of aliphatic carboxylic acids is 1. The molecule has 3 heteroatoms. The van der Waals surface area contributed by atoms with Crippen molar-refractivity contribution in [2.45, 2.75) is 58.5 Å². The number of carboxylic acid groups (broad SMARTS) is 1. The first-order valence-electron chi connectivity index (χ1n) is 5.50. The molecule has 0 amide bonds. The molecule has 84 valence electrons. The maximum atomic E-state index is 10.4. The van der Waals surface area contributed by atoms with Gasteiger partial charge in [-0.3, -0.25) is 0 Å². The summed E-state index contributed by atoms with van der Waals surface area (Å²) in [6.45, 7) is 3.95. The van der Waals surface area contributed by atoms with Gasteiger partial charge in [0.15, 0.2) is 6.10 Å². The van der Waals surface area contributed by atoms with Crippen molar-refractivity contribution in [3.05, 3.63) is 0 Å². The molecule has 0 heterocycles. The van der Waals surface area contributed by atoms with E-state index in [9.17, 15) is 9.90 Å². The molecule has 2 atom stereocenters. The van der Waals surface area contributed by atoms with Crippen molar-refractivity contribution < 1.29 is 15.0 Å². The molecule has 0 bridgehead atoms. The van der Waals surface area contributed by atoms with Crippen LogP contribution in [0.3, 0.4) is 0 Å². The van der Waals surface area contributed by atoms with Crippen molar-refractivity contribution in [3.63, 3.8) is 0 Å². The molecule has 0 fully saturated rings. The second-order valence-electron chi connectivity index (χ2n) is 3.96. The first-order valence-corrected chi connectivity index (χ1v) is 5.50. The summed E-state index contributed by atoms with van der Waals surface area (Å²) in [5.74, 6) is -1.24. The lowest BCUT2D eigenvalue weighted by Gasteiger charge is -2.14. The molecule has 0 radical (unpaired) electrons. The van der Waals surface area contributed by atoms with E-state index < -0.39 is 12.1 Å².